The third kappa shape index (κ3) is 2.46. The topological polar surface area (TPSA) is 37.8 Å². The zero-order valence-electron chi connectivity index (χ0n) is 9.08. The van der Waals surface area contributed by atoms with E-state index in [0.717, 1.165) is 11.3 Å². The summed E-state index contributed by atoms with van der Waals surface area (Å²) >= 11 is 11.3. The van der Waals surface area contributed by atoms with E-state index in [0.29, 0.717) is 10.7 Å². The van der Waals surface area contributed by atoms with Crippen molar-refractivity contribution in [3.63, 3.8) is 0 Å². The SMILES string of the molecule is Cc1ccc(-n2[nH]c(/C(Cl)=C/Cl)cc2=O)cc1. The first-order chi connectivity index (χ1) is 8.11. The van der Waals surface area contributed by atoms with Crippen LogP contribution >= 0.6 is 23.2 Å². The second kappa shape index (κ2) is 4.82. The average Bonchev–Trinajstić information content (AvgIpc) is 2.71. The van der Waals surface area contributed by atoms with Crippen LogP contribution in [0.4, 0.5) is 0 Å². The molecule has 2 rings (SSSR count). The predicted molar refractivity (Wildman–Crippen MR) is 70.8 cm³/mol. The minimum atomic E-state index is -0.180. The van der Waals surface area contributed by atoms with E-state index in [-0.39, 0.29) is 5.56 Å². The second-order valence-electron chi connectivity index (χ2n) is 3.64. The van der Waals surface area contributed by atoms with Crippen molar-refractivity contribution in [1.29, 1.82) is 0 Å². The van der Waals surface area contributed by atoms with Gasteiger partial charge in [-0.3, -0.25) is 9.89 Å². The van der Waals surface area contributed by atoms with E-state index in [1.807, 2.05) is 31.2 Å². The van der Waals surface area contributed by atoms with Gasteiger partial charge >= 0.3 is 0 Å². The fourth-order valence-electron chi connectivity index (χ4n) is 1.46. The number of nitrogens with one attached hydrogen (secondary N) is 1. The van der Waals surface area contributed by atoms with Crippen molar-refractivity contribution < 1.29 is 0 Å². The fraction of sp³-hybridized carbons (Fsp3) is 0.0833. The maximum atomic E-state index is 11.7. The second-order valence-corrected chi connectivity index (χ2v) is 4.26. The van der Waals surface area contributed by atoms with Crippen molar-refractivity contribution in [3.8, 4) is 5.69 Å². The molecule has 0 saturated carbocycles. The molecule has 0 atom stereocenters. The minimum Gasteiger partial charge on any atom is -0.289 e. The first-order valence-corrected chi connectivity index (χ1v) is 5.78. The van der Waals surface area contributed by atoms with Gasteiger partial charge in [0, 0.05) is 11.6 Å². The van der Waals surface area contributed by atoms with Crippen LogP contribution in [0, 0.1) is 6.92 Å². The number of aromatic nitrogens is 2. The Balaban J connectivity index is 2.50. The summed E-state index contributed by atoms with van der Waals surface area (Å²) in [6.07, 6.45) is 0. The minimum absolute atomic E-state index is 0.180. The van der Waals surface area contributed by atoms with Gasteiger partial charge in [0.05, 0.1) is 16.4 Å². The molecule has 1 N–H and O–H groups in total. The van der Waals surface area contributed by atoms with Crippen LogP contribution in [-0.2, 0) is 0 Å². The molecule has 0 unspecified atom stereocenters. The number of rotatable bonds is 2. The zero-order chi connectivity index (χ0) is 12.4. The summed E-state index contributed by atoms with van der Waals surface area (Å²) in [5.74, 6) is 0. The van der Waals surface area contributed by atoms with Crippen molar-refractivity contribution in [1.82, 2.24) is 9.78 Å². The number of nitrogens with zero attached hydrogens (tertiary/aromatic N) is 1. The van der Waals surface area contributed by atoms with Crippen LogP contribution in [0.15, 0.2) is 40.7 Å². The lowest BCUT2D eigenvalue weighted by Gasteiger charge is -2.02. The van der Waals surface area contributed by atoms with E-state index in [1.54, 1.807) is 0 Å². The smallest absolute Gasteiger partial charge is 0.271 e. The van der Waals surface area contributed by atoms with E-state index in [9.17, 15) is 4.79 Å². The van der Waals surface area contributed by atoms with Gasteiger partial charge in [-0.25, -0.2) is 4.68 Å². The van der Waals surface area contributed by atoms with Crippen LogP contribution in [-0.4, -0.2) is 9.78 Å². The van der Waals surface area contributed by atoms with E-state index in [4.69, 9.17) is 23.2 Å². The third-order valence-electron chi connectivity index (χ3n) is 2.37. The van der Waals surface area contributed by atoms with Crippen LogP contribution < -0.4 is 5.56 Å². The molecule has 2 aromatic rings. The highest BCUT2D eigenvalue weighted by atomic mass is 35.5. The van der Waals surface area contributed by atoms with Crippen LogP contribution in [0.3, 0.4) is 0 Å². The highest BCUT2D eigenvalue weighted by Gasteiger charge is 2.07. The molecule has 1 heterocycles. The molecule has 0 aliphatic heterocycles. The van der Waals surface area contributed by atoms with Gasteiger partial charge in [-0.1, -0.05) is 40.9 Å². The maximum Gasteiger partial charge on any atom is 0.271 e. The van der Waals surface area contributed by atoms with Crippen molar-refractivity contribution >= 4 is 28.2 Å². The number of aromatic amines is 1. The lowest BCUT2D eigenvalue weighted by molar-refractivity contribution is 0.844. The highest BCUT2D eigenvalue weighted by molar-refractivity contribution is 6.52. The Hall–Kier alpha value is -1.45. The number of hydrogen-bond acceptors (Lipinski definition) is 1. The summed E-state index contributed by atoms with van der Waals surface area (Å²) < 4.78 is 1.41. The molecule has 0 fully saturated rings. The third-order valence-corrected chi connectivity index (χ3v) is 3.01. The maximum absolute atomic E-state index is 11.7. The van der Waals surface area contributed by atoms with Gasteiger partial charge < -0.3 is 0 Å². The largest absolute Gasteiger partial charge is 0.289 e. The number of halogens is 2. The lowest BCUT2D eigenvalue weighted by atomic mass is 10.2. The van der Waals surface area contributed by atoms with Crippen molar-refractivity contribution in [2.45, 2.75) is 6.92 Å². The summed E-state index contributed by atoms with van der Waals surface area (Å²) in [5, 5.41) is 3.19. The molecule has 0 saturated heterocycles. The van der Waals surface area contributed by atoms with Crippen molar-refractivity contribution in [3.05, 3.63) is 57.5 Å². The van der Waals surface area contributed by atoms with Gasteiger partial charge in [-0.15, -0.1) is 0 Å². The summed E-state index contributed by atoms with van der Waals surface area (Å²) in [6, 6.07) is 8.98. The number of aryl methyl sites for hydroxylation is 1. The number of hydrogen-bond donors (Lipinski definition) is 1. The fourth-order valence-corrected chi connectivity index (χ4v) is 1.68. The summed E-state index contributed by atoms with van der Waals surface area (Å²) in [7, 11) is 0. The number of H-pyrrole nitrogens is 1. The van der Waals surface area contributed by atoms with E-state index >= 15 is 0 Å². The zero-order valence-corrected chi connectivity index (χ0v) is 10.6. The van der Waals surface area contributed by atoms with E-state index in [2.05, 4.69) is 5.10 Å². The van der Waals surface area contributed by atoms with Crippen molar-refractivity contribution in [2.75, 3.05) is 0 Å². The van der Waals surface area contributed by atoms with Gasteiger partial charge in [0.1, 0.15) is 0 Å². The average molecular weight is 269 g/mol. The highest BCUT2D eigenvalue weighted by Crippen LogP contribution is 2.17. The van der Waals surface area contributed by atoms with E-state index in [1.165, 1.54) is 16.3 Å². The van der Waals surface area contributed by atoms with Crippen LogP contribution in [0.25, 0.3) is 10.7 Å². The van der Waals surface area contributed by atoms with E-state index < -0.39 is 0 Å². The molecule has 0 radical (unpaired) electrons. The molecule has 0 aliphatic carbocycles. The Bertz CT molecular complexity index is 608. The Morgan fingerprint density at radius 3 is 2.59 bits per heavy atom. The molecule has 0 bridgehead atoms. The molecular formula is C12H10Cl2N2O. The van der Waals surface area contributed by atoms with Gasteiger partial charge in [0.15, 0.2) is 0 Å². The molecule has 1 aromatic heterocycles. The number of benzene rings is 1. The molecule has 0 spiro atoms. The molecule has 1 aromatic carbocycles. The molecule has 17 heavy (non-hydrogen) atoms. The molecule has 0 amide bonds. The van der Waals surface area contributed by atoms with Gasteiger partial charge in [-0.05, 0) is 19.1 Å². The predicted octanol–water partition coefficient (Wildman–Crippen LogP) is 3.25. The summed E-state index contributed by atoms with van der Waals surface area (Å²) in [6.45, 7) is 1.99. The molecule has 88 valence electrons. The quantitative estimate of drug-likeness (QED) is 0.892. The molecule has 5 heteroatoms. The Morgan fingerprint density at radius 2 is 2.00 bits per heavy atom. The molecule has 3 nitrogen and oxygen atoms in total. The monoisotopic (exact) mass is 268 g/mol. The first kappa shape index (κ1) is 12.0. The Morgan fingerprint density at radius 1 is 1.35 bits per heavy atom. The van der Waals surface area contributed by atoms with Crippen LogP contribution in [0.1, 0.15) is 11.3 Å². The Kier molecular flexibility index (Phi) is 3.41. The summed E-state index contributed by atoms with van der Waals surface area (Å²) in [4.78, 5) is 11.7. The summed E-state index contributed by atoms with van der Waals surface area (Å²) in [5.41, 5.74) is 3.41. The molecular weight excluding hydrogens is 259 g/mol. The van der Waals surface area contributed by atoms with Crippen LogP contribution in [0.2, 0.25) is 0 Å². The van der Waals surface area contributed by atoms with Crippen molar-refractivity contribution in [2.24, 2.45) is 0 Å². The van der Waals surface area contributed by atoms with Crippen LogP contribution in [0.5, 0.6) is 0 Å². The Labute approximate surface area is 108 Å². The standard InChI is InChI=1S/C12H10Cl2N2O/c1-8-2-4-9(5-3-8)16-12(17)6-11(15-16)10(14)7-13/h2-7,15H,1H3/b10-7-. The van der Waals surface area contributed by atoms with Gasteiger partial charge in [0.25, 0.3) is 5.56 Å². The van der Waals surface area contributed by atoms with Gasteiger partial charge in [0.2, 0.25) is 0 Å². The van der Waals surface area contributed by atoms with Gasteiger partial charge in [-0.2, -0.15) is 0 Å². The normalized spacial score (nSPS) is 11.8. The molecule has 0 aliphatic rings. The first-order valence-electron chi connectivity index (χ1n) is 4.97. The lowest BCUT2D eigenvalue weighted by Crippen LogP contribution is -2.13.